The molecule has 0 saturated carbocycles. The number of halogens is 2. The SMILES string of the molecule is CC(C)Oc1ccc(-c2c[nH]c3nccc(Oc4c(F)cc(CC5=NCC(C)(CO)CO5)cc4F)c23)cc1C#N. The number of hydrogen-bond acceptors (Lipinski definition) is 7. The lowest BCUT2D eigenvalue weighted by molar-refractivity contribution is 0.0691. The maximum Gasteiger partial charge on any atom is 0.198 e. The van der Waals surface area contributed by atoms with Crippen molar-refractivity contribution in [3.05, 3.63) is 71.6 Å². The van der Waals surface area contributed by atoms with Gasteiger partial charge in [-0.2, -0.15) is 5.26 Å². The molecule has 3 heterocycles. The normalized spacial score (nSPS) is 16.9. The van der Waals surface area contributed by atoms with Crippen LogP contribution in [0.5, 0.6) is 17.2 Å². The topological polar surface area (TPSA) is 113 Å². The van der Waals surface area contributed by atoms with Crippen LogP contribution < -0.4 is 9.47 Å². The number of benzene rings is 2. The minimum Gasteiger partial charge on any atom is -0.490 e. The summed E-state index contributed by atoms with van der Waals surface area (Å²) in [6, 6.07) is 11.3. The molecule has 0 spiro atoms. The van der Waals surface area contributed by atoms with Crippen molar-refractivity contribution in [2.24, 2.45) is 10.4 Å². The van der Waals surface area contributed by atoms with E-state index in [1.54, 1.807) is 24.4 Å². The Kier molecular flexibility index (Phi) is 7.41. The quantitative estimate of drug-likeness (QED) is 0.283. The Bertz CT molecular complexity index is 1620. The summed E-state index contributed by atoms with van der Waals surface area (Å²) >= 11 is 0. The molecule has 0 aliphatic carbocycles. The molecule has 0 fully saturated rings. The van der Waals surface area contributed by atoms with Crippen LogP contribution in [0, 0.1) is 28.4 Å². The molecule has 0 bridgehead atoms. The molecule has 1 aliphatic rings. The Hall–Kier alpha value is -4.49. The zero-order valence-corrected chi connectivity index (χ0v) is 22.3. The van der Waals surface area contributed by atoms with Crippen LogP contribution in [0.4, 0.5) is 8.78 Å². The van der Waals surface area contributed by atoms with Crippen LogP contribution in [-0.4, -0.2) is 46.8 Å². The van der Waals surface area contributed by atoms with E-state index in [1.165, 1.54) is 24.4 Å². The number of ether oxygens (including phenoxy) is 3. The molecule has 1 aliphatic heterocycles. The second-order valence-corrected chi connectivity index (χ2v) is 10.4. The van der Waals surface area contributed by atoms with Gasteiger partial charge in [0.2, 0.25) is 0 Å². The third kappa shape index (κ3) is 5.46. The number of pyridine rings is 1. The Balaban J connectivity index is 1.45. The fraction of sp³-hybridized carbons (Fsp3) is 0.300. The van der Waals surface area contributed by atoms with Crippen LogP contribution in [-0.2, 0) is 11.2 Å². The molecule has 0 saturated heterocycles. The molecule has 1 atom stereocenters. The van der Waals surface area contributed by atoms with Gasteiger partial charge in [0, 0.05) is 29.8 Å². The molecule has 40 heavy (non-hydrogen) atoms. The van der Waals surface area contributed by atoms with Crippen LogP contribution >= 0.6 is 0 Å². The number of aliphatic hydroxyl groups excluding tert-OH is 1. The molecular weight excluding hydrogens is 518 g/mol. The van der Waals surface area contributed by atoms with Crippen molar-refractivity contribution in [2.45, 2.75) is 33.3 Å². The van der Waals surface area contributed by atoms with Gasteiger partial charge in [0.25, 0.3) is 0 Å². The lowest BCUT2D eigenvalue weighted by Crippen LogP contribution is -2.36. The van der Waals surface area contributed by atoms with E-state index < -0.39 is 22.8 Å². The van der Waals surface area contributed by atoms with Crippen molar-refractivity contribution in [2.75, 3.05) is 19.8 Å². The van der Waals surface area contributed by atoms with Gasteiger partial charge in [0.15, 0.2) is 23.3 Å². The highest BCUT2D eigenvalue weighted by molar-refractivity contribution is 5.98. The van der Waals surface area contributed by atoms with Crippen molar-refractivity contribution >= 4 is 16.9 Å². The smallest absolute Gasteiger partial charge is 0.198 e. The van der Waals surface area contributed by atoms with Gasteiger partial charge in [0.05, 0.1) is 36.8 Å². The predicted molar refractivity (Wildman–Crippen MR) is 146 cm³/mol. The highest BCUT2D eigenvalue weighted by atomic mass is 19.1. The van der Waals surface area contributed by atoms with E-state index in [0.717, 1.165) is 0 Å². The van der Waals surface area contributed by atoms with Crippen LogP contribution in [0.1, 0.15) is 31.9 Å². The molecule has 2 N–H and O–H groups in total. The highest BCUT2D eigenvalue weighted by Gasteiger charge is 2.29. The van der Waals surface area contributed by atoms with Crippen molar-refractivity contribution < 1.29 is 28.1 Å². The van der Waals surface area contributed by atoms with Crippen LogP contribution in [0.25, 0.3) is 22.2 Å². The number of H-pyrrole nitrogens is 1. The number of aromatic nitrogens is 2. The fourth-order valence-electron chi connectivity index (χ4n) is 4.41. The number of fused-ring (bicyclic) bond motifs is 1. The van der Waals surface area contributed by atoms with E-state index in [2.05, 4.69) is 21.0 Å². The standard InChI is InChI=1S/C30H28F2N4O4/c1-17(2)39-24-5-4-19(11-20(24)12-33)21-13-35-29-27(21)25(6-7-34-29)40-28-22(31)8-18(9-23(28)32)10-26-36-14-30(3,15-37)16-38-26/h4-9,11,13,17,37H,10,14-16H2,1-3H3,(H,34,35). The molecule has 4 aromatic rings. The summed E-state index contributed by atoms with van der Waals surface area (Å²) in [7, 11) is 0. The monoisotopic (exact) mass is 546 g/mol. The first-order valence-corrected chi connectivity index (χ1v) is 12.8. The molecule has 8 nitrogen and oxygen atoms in total. The molecular formula is C30H28F2N4O4. The van der Waals surface area contributed by atoms with Crippen molar-refractivity contribution in [3.63, 3.8) is 0 Å². The number of aliphatic imine (C=N–C) groups is 1. The second kappa shape index (κ2) is 10.9. The summed E-state index contributed by atoms with van der Waals surface area (Å²) in [6.07, 6.45) is 3.18. The Morgan fingerprint density at radius 3 is 2.60 bits per heavy atom. The second-order valence-electron chi connectivity index (χ2n) is 10.4. The summed E-state index contributed by atoms with van der Waals surface area (Å²) < 4.78 is 47.5. The molecule has 0 amide bonds. The van der Waals surface area contributed by atoms with Gasteiger partial charge in [0.1, 0.15) is 23.2 Å². The molecule has 2 aromatic heterocycles. The van der Waals surface area contributed by atoms with Crippen LogP contribution in [0.2, 0.25) is 0 Å². The highest BCUT2D eigenvalue weighted by Crippen LogP contribution is 2.39. The first kappa shape index (κ1) is 27.1. The molecule has 1 unspecified atom stereocenters. The van der Waals surface area contributed by atoms with Crippen LogP contribution in [0.15, 0.2) is 53.8 Å². The summed E-state index contributed by atoms with van der Waals surface area (Å²) in [4.78, 5) is 11.7. The number of hydrogen-bond donors (Lipinski definition) is 2. The van der Waals surface area contributed by atoms with Gasteiger partial charge in [-0.05, 0) is 55.3 Å². The summed E-state index contributed by atoms with van der Waals surface area (Å²) in [6.45, 7) is 6.17. The van der Waals surface area contributed by atoms with Gasteiger partial charge in [-0.25, -0.2) is 13.8 Å². The van der Waals surface area contributed by atoms with Gasteiger partial charge in [-0.3, -0.25) is 4.99 Å². The third-order valence-electron chi connectivity index (χ3n) is 6.54. The minimum absolute atomic E-state index is 0.0679. The van der Waals surface area contributed by atoms with Gasteiger partial charge in [-0.1, -0.05) is 13.0 Å². The number of nitrogens with one attached hydrogen (secondary N) is 1. The average molecular weight is 547 g/mol. The zero-order chi connectivity index (χ0) is 28.4. The number of aromatic amines is 1. The zero-order valence-electron chi connectivity index (χ0n) is 22.3. The van der Waals surface area contributed by atoms with E-state index in [-0.39, 0.29) is 31.5 Å². The van der Waals surface area contributed by atoms with E-state index >= 15 is 8.78 Å². The van der Waals surface area contributed by atoms with E-state index in [1.807, 2.05) is 20.8 Å². The van der Waals surface area contributed by atoms with Crippen molar-refractivity contribution in [1.29, 1.82) is 5.26 Å². The first-order chi connectivity index (χ1) is 19.2. The summed E-state index contributed by atoms with van der Waals surface area (Å²) in [5, 5.41) is 19.6. The lowest BCUT2D eigenvalue weighted by Gasteiger charge is -2.30. The molecule has 10 heteroatoms. The van der Waals surface area contributed by atoms with Crippen molar-refractivity contribution in [1.82, 2.24) is 9.97 Å². The van der Waals surface area contributed by atoms with E-state index in [4.69, 9.17) is 14.2 Å². The van der Waals surface area contributed by atoms with E-state index in [9.17, 15) is 10.4 Å². The summed E-state index contributed by atoms with van der Waals surface area (Å²) in [5.74, 6) is -1.30. The predicted octanol–water partition coefficient (Wildman–Crippen LogP) is 5.93. The van der Waals surface area contributed by atoms with Gasteiger partial charge in [-0.15, -0.1) is 0 Å². The molecule has 0 radical (unpaired) electrons. The van der Waals surface area contributed by atoms with Gasteiger partial charge >= 0.3 is 0 Å². The Morgan fingerprint density at radius 2 is 1.95 bits per heavy atom. The number of nitrogens with zero attached hydrogens (tertiary/aromatic N) is 3. The summed E-state index contributed by atoms with van der Waals surface area (Å²) in [5.41, 5.74) is 2.00. The largest absolute Gasteiger partial charge is 0.490 e. The third-order valence-corrected chi connectivity index (χ3v) is 6.54. The van der Waals surface area contributed by atoms with Gasteiger partial charge < -0.3 is 24.3 Å². The number of aliphatic hydroxyl groups is 1. The Morgan fingerprint density at radius 1 is 1.18 bits per heavy atom. The molecule has 2 aromatic carbocycles. The minimum atomic E-state index is -0.879. The lowest BCUT2D eigenvalue weighted by atomic mass is 9.92. The Labute approximate surface area is 229 Å². The molecule has 206 valence electrons. The maximum atomic E-state index is 15.2. The number of rotatable bonds is 8. The average Bonchev–Trinajstić information content (AvgIpc) is 3.37. The maximum absolute atomic E-state index is 15.2. The molecule has 5 rings (SSSR count). The van der Waals surface area contributed by atoms with E-state index in [0.29, 0.717) is 51.5 Å². The fourth-order valence-corrected chi connectivity index (χ4v) is 4.41. The first-order valence-electron chi connectivity index (χ1n) is 12.8. The van der Waals surface area contributed by atoms with Crippen molar-refractivity contribution in [3.8, 4) is 34.4 Å². The number of nitriles is 1. The van der Waals surface area contributed by atoms with Crippen LogP contribution in [0.3, 0.4) is 0 Å².